The van der Waals surface area contributed by atoms with E-state index >= 15 is 0 Å². The van der Waals surface area contributed by atoms with Crippen LogP contribution in [0.4, 0.5) is 21.0 Å². The lowest BCUT2D eigenvalue weighted by Gasteiger charge is -2.44. The minimum atomic E-state index is -1.54. The zero-order chi connectivity index (χ0) is 38.5. The molecule has 286 valence electrons. The number of nitrogens with zero attached hydrogens (tertiary/aromatic N) is 4. The van der Waals surface area contributed by atoms with E-state index in [9.17, 15) is 28.8 Å². The Bertz CT molecular complexity index is 1750. The molecule has 22 heteroatoms. The quantitative estimate of drug-likeness (QED) is 0.112. The van der Waals surface area contributed by atoms with E-state index in [1.165, 1.54) is 16.9 Å². The first-order chi connectivity index (χ1) is 25.9. The van der Waals surface area contributed by atoms with Crippen LogP contribution in [0, 0.1) is 11.8 Å². The summed E-state index contributed by atoms with van der Waals surface area (Å²) in [5.74, 6) is -5.37. The molecule has 0 spiro atoms. The fraction of sp³-hybridized carbons (Fsp3) is 0.375. The van der Waals surface area contributed by atoms with Gasteiger partial charge in [-0.25, -0.2) is 30.5 Å². The predicted octanol–water partition coefficient (Wildman–Crippen LogP) is 0.833. The summed E-state index contributed by atoms with van der Waals surface area (Å²) in [5.41, 5.74) is 12.1. The van der Waals surface area contributed by atoms with Crippen LogP contribution < -0.4 is 53.6 Å². The Morgan fingerprint density at radius 1 is 0.722 bits per heavy atom. The molecular weight excluding hydrogens is 747 g/mol. The summed E-state index contributed by atoms with van der Waals surface area (Å²) in [6.07, 6.45) is 0.348. The zero-order valence-corrected chi connectivity index (χ0v) is 30.4. The molecule has 4 aliphatic heterocycles. The van der Waals surface area contributed by atoms with Gasteiger partial charge in [-0.2, -0.15) is 0 Å². The molecule has 54 heavy (non-hydrogen) atoms. The number of hydrazine groups is 2. The molecule has 0 bridgehead atoms. The highest BCUT2D eigenvalue weighted by Crippen LogP contribution is 2.25. The van der Waals surface area contributed by atoms with E-state index in [0.29, 0.717) is 27.8 Å². The highest BCUT2D eigenvalue weighted by Gasteiger charge is 2.53. The smallest absolute Gasteiger partial charge is 0.315 e. The fourth-order valence-corrected chi connectivity index (χ4v) is 6.29. The van der Waals surface area contributed by atoms with Crippen molar-refractivity contribution in [1.82, 2.24) is 53.0 Å². The first-order valence-electron chi connectivity index (χ1n) is 17.0. The Morgan fingerprint density at radius 3 is 1.59 bits per heavy atom. The number of urea groups is 2. The van der Waals surface area contributed by atoms with Gasteiger partial charge >= 0.3 is 12.1 Å². The third kappa shape index (κ3) is 8.57. The van der Waals surface area contributed by atoms with E-state index in [1.807, 2.05) is 6.92 Å². The van der Waals surface area contributed by atoms with Gasteiger partial charge in [0.1, 0.15) is 23.7 Å². The van der Waals surface area contributed by atoms with Crippen molar-refractivity contribution < 1.29 is 28.8 Å². The molecule has 2 aromatic carbocycles. The minimum Gasteiger partial charge on any atom is -0.315 e. The molecule has 6 amide bonds. The summed E-state index contributed by atoms with van der Waals surface area (Å²) >= 11 is 11.9. The number of fused-ring (bicyclic) bond motifs is 2. The lowest BCUT2D eigenvalue weighted by atomic mass is 9.79. The molecule has 20 nitrogen and oxygen atoms in total. The summed E-state index contributed by atoms with van der Waals surface area (Å²) < 4.78 is 0. The molecule has 0 saturated carbocycles. The van der Waals surface area contributed by atoms with Gasteiger partial charge in [0.2, 0.25) is 36.3 Å². The number of hydrogen-bond acceptors (Lipinski definition) is 14. The lowest BCUT2D eigenvalue weighted by molar-refractivity contribution is -0.149. The van der Waals surface area contributed by atoms with Crippen LogP contribution >= 0.6 is 23.2 Å². The van der Waals surface area contributed by atoms with Crippen molar-refractivity contribution in [2.24, 2.45) is 22.0 Å². The molecule has 0 aromatic heterocycles. The van der Waals surface area contributed by atoms with E-state index in [0.717, 1.165) is 12.8 Å². The summed E-state index contributed by atoms with van der Waals surface area (Å²) in [6.45, 7) is 3.43. The van der Waals surface area contributed by atoms with Crippen LogP contribution in [0.2, 0.25) is 10.0 Å². The van der Waals surface area contributed by atoms with Gasteiger partial charge < -0.3 is 21.3 Å². The Labute approximate surface area is 318 Å². The lowest BCUT2D eigenvalue weighted by Crippen LogP contribution is -2.77. The van der Waals surface area contributed by atoms with Crippen LogP contribution in [0.3, 0.4) is 0 Å². The number of halogens is 2. The van der Waals surface area contributed by atoms with Crippen molar-refractivity contribution in [3.63, 3.8) is 0 Å². The molecule has 5 unspecified atom stereocenters. The standard InChI is InChI=1S/C32H38Cl2N14O6/c1-3-4-5-6-20(49)15(2)24(50)21(22-25(51)37-27-41-43-29(47(27)45-22)39-31(53)35-18-11-7-16(33)8-12-18)23-26(52)38-28-42-44-30(48(28)46-23)40-32(54)36-19-13-9-17(34)10-14-19/h7-15,21-23,27-28,41-42,45-46H,3-6H2,1-2H3,(H,37,51)(H,38,52)(H2,35,39,43,53)(H2,36,40,44,54). The van der Waals surface area contributed by atoms with Gasteiger partial charge in [-0.05, 0) is 61.9 Å². The van der Waals surface area contributed by atoms with Gasteiger partial charge in [0, 0.05) is 27.8 Å². The molecule has 4 aliphatic rings. The summed E-state index contributed by atoms with van der Waals surface area (Å²) in [5, 5.41) is 27.5. The van der Waals surface area contributed by atoms with E-state index in [4.69, 9.17) is 23.2 Å². The van der Waals surface area contributed by atoms with Crippen LogP contribution in [0.1, 0.15) is 39.5 Å². The SMILES string of the molecule is CCCCCC(=O)C(C)C(=O)C(C1NN2C(NC(=O)Nc3ccc(Cl)cc3)=NNC2NC1=O)C1NN2C(NC(=O)Nc3ccc(Cl)cc3)=NNC2NC1=O. The van der Waals surface area contributed by atoms with E-state index in [1.54, 1.807) is 48.5 Å². The molecule has 2 saturated heterocycles. The van der Waals surface area contributed by atoms with Crippen molar-refractivity contribution in [1.29, 1.82) is 0 Å². The zero-order valence-electron chi connectivity index (χ0n) is 28.9. The molecule has 10 N–H and O–H groups in total. The number of hydrazone groups is 2. The first-order valence-corrected chi connectivity index (χ1v) is 17.8. The molecule has 0 radical (unpaired) electrons. The average Bonchev–Trinajstić information content (AvgIpc) is 3.71. The number of rotatable bonds is 11. The van der Waals surface area contributed by atoms with Crippen molar-refractivity contribution in [2.45, 2.75) is 64.2 Å². The van der Waals surface area contributed by atoms with Gasteiger partial charge in [-0.15, -0.1) is 10.2 Å². The van der Waals surface area contributed by atoms with E-state index < -0.39 is 66.2 Å². The van der Waals surface area contributed by atoms with Crippen molar-refractivity contribution in [3.8, 4) is 0 Å². The van der Waals surface area contributed by atoms with Gasteiger partial charge in [-0.3, -0.25) is 40.7 Å². The number of unbranched alkanes of at least 4 members (excludes halogenated alkanes) is 2. The highest BCUT2D eigenvalue weighted by atomic mass is 35.5. The number of carbonyl (C=O) groups is 6. The second kappa shape index (κ2) is 16.5. The number of Topliss-reactive ketones (excluding diaryl/α,β-unsaturated/α-hetero) is 2. The van der Waals surface area contributed by atoms with E-state index in [2.05, 4.69) is 63.8 Å². The molecule has 2 aromatic rings. The number of benzene rings is 2. The number of amides is 6. The van der Waals surface area contributed by atoms with Crippen LogP contribution in [-0.2, 0) is 19.2 Å². The second-order valence-electron chi connectivity index (χ2n) is 12.7. The van der Waals surface area contributed by atoms with Crippen LogP contribution in [0.25, 0.3) is 0 Å². The maximum absolute atomic E-state index is 14.4. The Hall–Kier alpha value is -5.70. The molecule has 5 atom stereocenters. The fourth-order valence-electron chi connectivity index (χ4n) is 6.03. The molecule has 4 heterocycles. The summed E-state index contributed by atoms with van der Waals surface area (Å²) in [6, 6.07) is 8.41. The van der Waals surface area contributed by atoms with Gasteiger partial charge in [0.05, 0.1) is 11.8 Å². The minimum absolute atomic E-state index is 0.0819. The number of carbonyl (C=O) groups excluding carboxylic acids is 6. The molecule has 2 fully saturated rings. The Kier molecular flexibility index (Phi) is 11.6. The van der Waals surface area contributed by atoms with Crippen molar-refractivity contribution in [3.05, 3.63) is 58.6 Å². The monoisotopic (exact) mass is 784 g/mol. The average molecular weight is 786 g/mol. The number of nitrogens with one attached hydrogen (secondary N) is 10. The summed E-state index contributed by atoms with van der Waals surface area (Å²) in [4.78, 5) is 80.9. The van der Waals surface area contributed by atoms with E-state index in [-0.39, 0.29) is 24.1 Å². The Morgan fingerprint density at radius 2 is 1.17 bits per heavy atom. The van der Waals surface area contributed by atoms with Crippen LogP contribution in [0.5, 0.6) is 0 Å². The second-order valence-corrected chi connectivity index (χ2v) is 13.5. The van der Waals surface area contributed by atoms with Crippen LogP contribution in [-0.4, -0.2) is 82.0 Å². The number of hydrogen-bond donors (Lipinski definition) is 10. The number of anilines is 2. The molecule has 0 aliphatic carbocycles. The Balaban J connectivity index is 1.22. The van der Waals surface area contributed by atoms with Crippen molar-refractivity contribution in [2.75, 3.05) is 10.6 Å². The van der Waals surface area contributed by atoms with Crippen molar-refractivity contribution >= 4 is 81.9 Å². The largest absolute Gasteiger partial charge is 0.326 e. The number of ketones is 2. The third-order valence-corrected chi connectivity index (χ3v) is 9.38. The van der Waals surface area contributed by atoms with Gasteiger partial charge in [0.15, 0.2) is 0 Å². The normalized spacial score (nSPS) is 22.4. The maximum Gasteiger partial charge on any atom is 0.326 e. The maximum atomic E-state index is 14.4. The molecule has 6 rings (SSSR count). The molecular formula is C32H38Cl2N14O6. The third-order valence-electron chi connectivity index (χ3n) is 8.88. The highest BCUT2D eigenvalue weighted by molar-refractivity contribution is 6.31. The van der Waals surface area contributed by atoms with Gasteiger partial charge in [-0.1, -0.05) is 43.0 Å². The first kappa shape index (κ1) is 38.0. The van der Waals surface area contributed by atoms with Crippen LogP contribution in [0.15, 0.2) is 58.7 Å². The predicted molar refractivity (Wildman–Crippen MR) is 197 cm³/mol. The summed E-state index contributed by atoms with van der Waals surface area (Å²) in [7, 11) is 0. The van der Waals surface area contributed by atoms with Gasteiger partial charge in [0.25, 0.3) is 0 Å². The topological polar surface area (TPSA) is 254 Å². The number of guanidine groups is 2.